The van der Waals surface area contributed by atoms with Gasteiger partial charge < -0.3 is 15.3 Å². The first-order valence-corrected chi connectivity index (χ1v) is 7.61. The van der Waals surface area contributed by atoms with Crippen molar-refractivity contribution in [3.8, 4) is 0 Å². The van der Waals surface area contributed by atoms with Gasteiger partial charge in [0, 0.05) is 25.0 Å². The van der Waals surface area contributed by atoms with E-state index < -0.39 is 0 Å². The Balaban J connectivity index is 2.33. The molecular formula is C15H24N4O2. The van der Waals surface area contributed by atoms with Gasteiger partial charge in [0.2, 0.25) is 0 Å². The van der Waals surface area contributed by atoms with Crippen molar-refractivity contribution in [1.82, 2.24) is 14.9 Å². The molecule has 1 heterocycles. The van der Waals surface area contributed by atoms with Crippen LogP contribution in [-0.4, -0.2) is 51.6 Å². The molecule has 6 heteroatoms. The van der Waals surface area contributed by atoms with E-state index in [0.717, 1.165) is 12.8 Å². The van der Waals surface area contributed by atoms with Gasteiger partial charge in [-0.05, 0) is 19.8 Å². The Bertz CT molecular complexity index is 500. The van der Waals surface area contributed by atoms with Crippen LogP contribution in [0.2, 0.25) is 0 Å². The molecule has 0 bridgehead atoms. The first kappa shape index (κ1) is 15.7. The molecule has 1 saturated carbocycles. The van der Waals surface area contributed by atoms with E-state index in [1.54, 1.807) is 11.1 Å². The number of aliphatic hydroxyl groups excluding tert-OH is 1. The number of anilines is 1. The Hall–Kier alpha value is -1.69. The van der Waals surface area contributed by atoms with Crippen LogP contribution in [0.1, 0.15) is 55.8 Å². The summed E-state index contributed by atoms with van der Waals surface area (Å²) in [5.41, 5.74) is 1.08. The number of rotatable bonds is 7. The van der Waals surface area contributed by atoms with Crippen LogP contribution < -0.4 is 5.32 Å². The van der Waals surface area contributed by atoms with E-state index in [0.29, 0.717) is 30.3 Å². The van der Waals surface area contributed by atoms with Gasteiger partial charge in [-0.15, -0.1) is 0 Å². The molecule has 0 aliphatic heterocycles. The molecule has 1 fully saturated rings. The largest absolute Gasteiger partial charge is 0.395 e. The number of amides is 1. The lowest BCUT2D eigenvalue weighted by Gasteiger charge is -2.22. The molecule has 1 aliphatic rings. The summed E-state index contributed by atoms with van der Waals surface area (Å²) in [5.74, 6) is 0.714. The summed E-state index contributed by atoms with van der Waals surface area (Å²) in [7, 11) is 0. The molecule has 0 atom stereocenters. The molecule has 1 aromatic heterocycles. The zero-order chi connectivity index (χ0) is 15.4. The summed E-state index contributed by atoms with van der Waals surface area (Å²) >= 11 is 0. The van der Waals surface area contributed by atoms with E-state index in [4.69, 9.17) is 0 Å². The van der Waals surface area contributed by atoms with Crippen molar-refractivity contribution >= 4 is 11.6 Å². The van der Waals surface area contributed by atoms with Gasteiger partial charge in [0.05, 0.1) is 18.5 Å². The summed E-state index contributed by atoms with van der Waals surface area (Å²) in [5, 5.41) is 12.3. The van der Waals surface area contributed by atoms with Crippen molar-refractivity contribution < 1.29 is 9.90 Å². The van der Waals surface area contributed by atoms with E-state index in [1.165, 1.54) is 0 Å². The Morgan fingerprint density at radius 1 is 1.52 bits per heavy atom. The maximum Gasteiger partial charge on any atom is 0.275 e. The highest BCUT2D eigenvalue weighted by molar-refractivity contribution is 5.97. The highest BCUT2D eigenvalue weighted by Gasteiger charge is 2.34. The van der Waals surface area contributed by atoms with Crippen molar-refractivity contribution in [1.29, 1.82) is 0 Å². The van der Waals surface area contributed by atoms with Gasteiger partial charge in [0.25, 0.3) is 5.91 Å². The van der Waals surface area contributed by atoms with E-state index >= 15 is 0 Å². The molecule has 1 aliphatic carbocycles. The molecule has 2 N–H and O–H groups in total. The standard InChI is InChI=1S/C15H24N4O2/c1-4-16-12-9-17-14(10(2)3)18-13(12)15(21)19(7-8-20)11-5-6-11/h9-11,16,20H,4-8H2,1-3H3. The van der Waals surface area contributed by atoms with E-state index in [2.05, 4.69) is 15.3 Å². The highest BCUT2D eigenvalue weighted by atomic mass is 16.3. The van der Waals surface area contributed by atoms with E-state index in [1.807, 2.05) is 20.8 Å². The third kappa shape index (κ3) is 3.69. The average molecular weight is 292 g/mol. The molecule has 0 saturated heterocycles. The fourth-order valence-corrected chi connectivity index (χ4v) is 2.24. The normalized spacial score (nSPS) is 14.3. The smallest absolute Gasteiger partial charge is 0.275 e. The summed E-state index contributed by atoms with van der Waals surface area (Å²) in [6.45, 7) is 7.01. The number of carbonyl (C=O) groups is 1. The van der Waals surface area contributed by atoms with Crippen LogP contribution in [0.25, 0.3) is 0 Å². The van der Waals surface area contributed by atoms with Crippen LogP contribution in [0.4, 0.5) is 5.69 Å². The zero-order valence-corrected chi connectivity index (χ0v) is 13.0. The highest BCUT2D eigenvalue weighted by Crippen LogP contribution is 2.29. The van der Waals surface area contributed by atoms with Crippen LogP contribution >= 0.6 is 0 Å². The van der Waals surface area contributed by atoms with Gasteiger partial charge in [0.15, 0.2) is 5.69 Å². The summed E-state index contributed by atoms with van der Waals surface area (Å²) in [6.07, 6.45) is 3.69. The van der Waals surface area contributed by atoms with Gasteiger partial charge in [-0.25, -0.2) is 9.97 Å². The summed E-state index contributed by atoms with van der Waals surface area (Å²) < 4.78 is 0. The summed E-state index contributed by atoms with van der Waals surface area (Å²) in [4.78, 5) is 23.3. The molecule has 116 valence electrons. The minimum atomic E-state index is -0.119. The fraction of sp³-hybridized carbons (Fsp3) is 0.667. The molecule has 0 spiro atoms. The van der Waals surface area contributed by atoms with Crippen LogP contribution in [0.5, 0.6) is 0 Å². The quantitative estimate of drug-likeness (QED) is 0.798. The van der Waals surface area contributed by atoms with Crippen LogP contribution in [0.3, 0.4) is 0 Å². The minimum absolute atomic E-state index is 0.0269. The van der Waals surface area contributed by atoms with Crippen LogP contribution in [0, 0.1) is 0 Å². The van der Waals surface area contributed by atoms with Gasteiger partial charge in [-0.1, -0.05) is 13.8 Å². The third-order valence-electron chi connectivity index (χ3n) is 3.48. The molecule has 21 heavy (non-hydrogen) atoms. The lowest BCUT2D eigenvalue weighted by Crippen LogP contribution is -2.36. The lowest BCUT2D eigenvalue weighted by atomic mass is 10.2. The number of aromatic nitrogens is 2. The second-order valence-corrected chi connectivity index (χ2v) is 5.63. The molecule has 2 rings (SSSR count). The molecule has 1 amide bonds. The van der Waals surface area contributed by atoms with Crippen LogP contribution in [0.15, 0.2) is 6.20 Å². The molecule has 0 radical (unpaired) electrons. The lowest BCUT2D eigenvalue weighted by molar-refractivity contribution is 0.0702. The molecule has 6 nitrogen and oxygen atoms in total. The van der Waals surface area contributed by atoms with Gasteiger partial charge in [-0.3, -0.25) is 4.79 Å². The molecule has 0 aromatic carbocycles. The SMILES string of the molecule is CCNc1cnc(C(C)C)nc1C(=O)N(CCO)C1CC1. The minimum Gasteiger partial charge on any atom is -0.395 e. The second kappa shape index (κ2) is 6.85. The first-order valence-electron chi connectivity index (χ1n) is 7.61. The molecule has 0 unspecified atom stereocenters. The van der Waals surface area contributed by atoms with Crippen molar-refractivity contribution in [3.05, 3.63) is 17.7 Å². The summed E-state index contributed by atoms with van der Waals surface area (Å²) in [6, 6.07) is 0.247. The number of nitrogens with zero attached hydrogens (tertiary/aromatic N) is 3. The van der Waals surface area contributed by atoms with Crippen LogP contribution in [-0.2, 0) is 0 Å². The number of aliphatic hydroxyl groups is 1. The number of hydrogen-bond acceptors (Lipinski definition) is 5. The van der Waals surface area contributed by atoms with E-state index in [-0.39, 0.29) is 24.5 Å². The Labute approximate surface area is 125 Å². The predicted octanol–water partition coefficient (Wildman–Crippen LogP) is 1.63. The Kier molecular flexibility index (Phi) is 5.12. The van der Waals surface area contributed by atoms with Crippen molar-refractivity contribution in [2.75, 3.05) is 25.0 Å². The first-order chi connectivity index (χ1) is 10.1. The number of nitrogens with one attached hydrogen (secondary N) is 1. The maximum absolute atomic E-state index is 12.8. The monoisotopic (exact) mass is 292 g/mol. The van der Waals surface area contributed by atoms with Gasteiger partial charge in [-0.2, -0.15) is 0 Å². The third-order valence-corrected chi connectivity index (χ3v) is 3.48. The van der Waals surface area contributed by atoms with Crippen molar-refractivity contribution in [3.63, 3.8) is 0 Å². The van der Waals surface area contributed by atoms with E-state index in [9.17, 15) is 9.90 Å². The Morgan fingerprint density at radius 3 is 2.76 bits per heavy atom. The average Bonchev–Trinajstić information content (AvgIpc) is 3.29. The van der Waals surface area contributed by atoms with Crippen molar-refractivity contribution in [2.24, 2.45) is 0 Å². The fourth-order valence-electron chi connectivity index (χ4n) is 2.24. The molecule has 1 aromatic rings. The molecular weight excluding hydrogens is 268 g/mol. The van der Waals surface area contributed by atoms with Gasteiger partial charge in [0.1, 0.15) is 5.82 Å². The van der Waals surface area contributed by atoms with Gasteiger partial charge >= 0.3 is 0 Å². The Morgan fingerprint density at radius 2 is 2.24 bits per heavy atom. The number of hydrogen-bond donors (Lipinski definition) is 2. The predicted molar refractivity (Wildman–Crippen MR) is 81.4 cm³/mol. The topological polar surface area (TPSA) is 78.4 Å². The maximum atomic E-state index is 12.8. The zero-order valence-electron chi connectivity index (χ0n) is 13.0. The second-order valence-electron chi connectivity index (χ2n) is 5.63. The number of carbonyl (C=O) groups excluding carboxylic acids is 1. The van der Waals surface area contributed by atoms with Crippen molar-refractivity contribution in [2.45, 2.75) is 45.6 Å².